The number of amides is 1. The summed E-state index contributed by atoms with van der Waals surface area (Å²) in [5.74, 6) is -1.30. The molecule has 6 heteroatoms. The van der Waals surface area contributed by atoms with Crippen LogP contribution in [-0.2, 0) is 10.2 Å². The van der Waals surface area contributed by atoms with Crippen molar-refractivity contribution in [2.45, 2.75) is 45.1 Å². The summed E-state index contributed by atoms with van der Waals surface area (Å²) in [4.78, 5) is 24.5. The molecule has 104 valence electrons. The topological polar surface area (TPSA) is 86.3 Å². The van der Waals surface area contributed by atoms with Crippen LogP contribution >= 0.6 is 0 Å². The van der Waals surface area contributed by atoms with Gasteiger partial charge in [0.25, 0.3) is 5.91 Å². The summed E-state index contributed by atoms with van der Waals surface area (Å²) in [7, 11) is 0. The van der Waals surface area contributed by atoms with Crippen molar-refractivity contribution in [3.05, 3.63) is 17.5 Å². The van der Waals surface area contributed by atoms with E-state index in [9.17, 15) is 9.59 Å². The Labute approximate surface area is 111 Å². The van der Waals surface area contributed by atoms with E-state index in [1.54, 1.807) is 6.07 Å². The van der Waals surface area contributed by atoms with Gasteiger partial charge in [0.15, 0.2) is 0 Å². The molecule has 0 unspecified atom stereocenters. The van der Waals surface area contributed by atoms with E-state index in [0.717, 1.165) is 18.5 Å². The van der Waals surface area contributed by atoms with Crippen molar-refractivity contribution in [2.75, 3.05) is 6.54 Å². The molecule has 1 aromatic rings. The van der Waals surface area contributed by atoms with Gasteiger partial charge in [-0.05, 0) is 18.9 Å². The van der Waals surface area contributed by atoms with E-state index < -0.39 is 5.97 Å². The number of aromatic nitrogens is 2. The van der Waals surface area contributed by atoms with Gasteiger partial charge in [-0.25, -0.2) is 0 Å². The van der Waals surface area contributed by atoms with Crippen molar-refractivity contribution in [1.82, 2.24) is 15.1 Å². The third kappa shape index (κ3) is 3.13. The van der Waals surface area contributed by atoms with Crippen molar-refractivity contribution >= 4 is 11.9 Å². The molecule has 0 atom stereocenters. The highest BCUT2D eigenvalue weighted by Gasteiger charge is 2.35. The lowest BCUT2D eigenvalue weighted by atomic mass is 9.92. The number of carbonyl (C=O) groups is 2. The van der Waals surface area contributed by atoms with E-state index in [0.29, 0.717) is 0 Å². The van der Waals surface area contributed by atoms with Crippen LogP contribution in [0.5, 0.6) is 0 Å². The lowest BCUT2D eigenvalue weighted by Gasteiger charge is -2.18. The lowest BCUT2D eigenvalue weighted by Crippen LogP contribution is -2.37. The maximum absolute atomic E-state index is 12.3. The van der Waals surface area contributed by atoms with Gasteiger partial charge in [-0.3, -0.25) is 14.7 Å². The van der Waals surface area contributed by atoms with Gasteiger partial charge in [0.2, 0.25) is 0 Å². The third-order valence-corrected chi connectivity index (χ3v) is 3.16. The van der Waals surface area contributed by atoms with Gasteiger partial charge in [-0.15, -0.1) is 0 Å². The summed E-state index contributed by atoms with van der Waals surface area (Å²) < 4.78 is 0. The van der Waals surface area contributed by atoms with Crippen LogP contribution in [0.1, 0.15) is 49.8 Å². The third-order valence-electron chi connectivity index (χ3n) is 3.16. The van der Waals surface area contributed by atoms with Gasteiger partial charge < -0.3 is 10.0 Å². The van der Waals surface area contributed by atoms with Gasteiger partial charge in [-0.1, -0.05) is 20.8 Å². The fraction of sp³-hybridized carbons (Fsp3) is 0.615. The highest BCUT2D eigenvalue weighted by atomic mass is 16.4. The first-order valence-electron chi connectivity index (χ1n) is 6.37. The number of hydrogen-bond donors (Lipinski definition) is 2. The smallest absolute Gasteiger partial charge is 0.323 e. The molecule has 1 aromatic heterocycles. The number of H-pyrrole nitrogens is 1. The molecule has 0 aromatic carbocycles. The van der Waals surface area contributed by atoms with Crippen LogP contribution in [-0.4, -0.2) is 44.7 Å². The first-order chi connectivity index (χ1) is 8.79. The normalized spacial score (nSPS) is 15.3. The molecule has 2 N–H and O–H groups in total. The molecular formula is C13H19N3O3. The Bertz CT molecular complexity index is 497. The molecule has 1 fully saturated rings. The quantitative estimate of drug-likeness (QED) is 0.861. The highest BCUT2D eigenvalue weighted by molar-refractivity contribution is 5.94. The zero-order valence-electron chi connectivity index (χ0n) is 11.4. The average Bonchev–Trinajstić information content (AvgIpc) is 2.99. The number of carbonyl (C=O) groups excluding carboxylic acids is 1. The van der Waals surface area contributed by atoms with E-state index in [2.05, 4.69) is 10.2 Å². The summed E-state index contributed by atoms with van der Waals surface area (Å²) in [6, 6.07) is 1.76. The summed E-state index contributed by atoms with van der Waals surface area (Å²) in [6.45, 7) is 5.79. The second kappa shape index (κ2) is 4.68. The predicted molar refractivity (Wildman–Crippen MR) is 69.0 cm³/mol. The number of carboxylic acid groups (broad SMARTS) is 1. The maximum atomic E-state index is 12.3. The van der Waals surface area contributed by atoms with Gasteiger partial charge in [0.1, 0.15) is 12.2 Å². The minimum absolute atomic E-state index is 0.0541. The fourth-order valence-corrected chi connectivity index (χ4v) is 1.86. The van der Waals surface area contributed by atoms with Crippen LogP contribution in [0, 0.1) is 0 Å². The Hall–Kier alpha value is -1.85. The molecule has 1 aliphatic rings. The highest BCUT2D eigenvalue weighted by Crippen LogP contribution is 2.28. The van der Waals surface area contributed by atoms with E-state index >= 15 is 0 Å². The van der Waals surface area contributed by atoms with Crippen LogP contribution in [0.3, 0.4) is 0 Å². The minimum Gasteiger partial charge on any atom is -0.480 e. The molecule has 0 aliphatic heterocycles. The molecule has 1 saturated carbocycles. The molecule has 1 heterocycles. The lowest BCUT2D eigenvalue weighted by molar-refractivity contribution is -0.137. The predicted octanol–water partition coefficient (Wildman–Crippen LogP) is 1.40. The van der Waals surface area contributed by atoms with Crippen LogP contribution in [0.2, 0.25) is 0 Å². The van der Waals surface area contributed by atoms with E-state index in [-0.39, 0.29) is 29.6 Å². The molecule has 0 radical (unpaired) electrons. The summed E-state index contributed by atoms with van der Waals surface area (Å²) >= 11 is 0. The standard InChI is InChI=1S/C13H19N3O3/c1-13(2,3)10-6-9(14-15-10)12(19)16(7-11(17)18)8-4-5-8/h6,8H,4-5,7H2,1-3H3,(H,14,15)(H,17,18). The molecule has 0 spiro atoms. The van der Waals surface area contributed by atoms with E-state index in [1.807, 2.05) is 20.8 Å². The van der Waals surface area contributed by atoms with Crippen molar-refractivity contribution in [3.63, 3.8) is 0 Å². The van der Waals surface area contributed by atoms with Crippen molar-refractivity contribution in [2.24, 2.45) is 0 Å². The second-order valence-electron chi connectivity index (χ2n) is 5.97. The van der Waals surface area contributed by atoms with E-state index in [1.165, 1.54) is 4.90 Å². The molecule has 0 bridgehead atoms. The fourth-order valence-electron chi connectivity index (χ4n) is 1.86. The molecule has 1 amide bonds. The number of carboxylic acids is 1. The molecule has 19 heavy (non-hydrogen) atoms. The summed E-state index contributed by atoms with van der Waals surface area (Å²) in [6.07, 6.45) is 1.74. The average molecular weight is 265 g/mol. The van der Waals surface area contributed by atoms with Crippen LogP contribution in [0.15, 0.2) is 6.07 Å². The van der Waals surface area contributed by atoms with Crippen molar-refractivity contribution in [3.8, 4) is 0 Å². The van der Waals surface area contributed by atoms with Gasteiger partial charge in [-0.2, -0.15) is 5.10 Å². The molecule has 6 nitrogen and oxygen atoms in total. The minimum atomic E-state index is -0.994. The number of hydrogen-bond acceptors (Lipinski definition) is 3. The Kier molecular flexibility index (Phi) is 3.34. The van der Waals surface area contributed by atoms with Crippen molar-refractivity contribution < 1.29 is 14.7 Å². The molecular weight excluding hydrogens is 246 g/mol. The Morgan fingerprint density at radius 2 is 2.11 bits per heavy atom. The van der Waals surface area contributed by atoms with Crippen LogP contribution in [0.4, 0.5) is 0 Å². The van der Waals surface area contributed by atoms with Gasteiger partial charge in [0, 0.05) is 17.2 Å². The zero-order chi connectivity index (χ0) is 14.2. The monoisotopic (exact) mass is 265 g/mol. The Balaban J connectivity index is 2.17. The number of nitrogens with zero attached hydrogens (tertiary/aromatic N) is 2. The molecule has 1 aliphatic carbocycles. The number of nitrogens with one attached hydrogen (secondary N) is 1. The van der Waals surface area contributed by atoms with Gasteiger partial charge in [0.05, 0.1) is 0 Å². The second-order valence-corrected chi connectivity index (χ2v) is 5.97. The Morgan fingerprint density at radius 1 is 1.47 bits per heavy atom. The largest absolute Gasteiger partial charge is 0.480 e. The zero-order valence-corrected chi connectivity index (χ0v) is 11.4. The van der Waals surface area contributed by atoms with Crippen LogP contribution in [0.25, 0.3) is 0 Å². The van der Waals surface area contributed by atoms with Crippen molar-refractivity contribution in [1.29, 1.82) is 0 Å². The first-order valence-corrected chi connectivity index (χ1v) is 6.37. The summed E-state index contributed by atoms with van der Waals surface area (Å²) in [5, 5.41) is 15.7. The SMILES string of the molecule is CC(C)(C)c1cc(C(=O)N(CC(=O)O)C2CC2)n[nH]1. The van der Waals surface area contributed by atoms with Gasteiger partial charge >= 0.3 is 5.97 Å². The maximum Gasteiger partial charge on any atom is 0.323 e. The molecule has 2 rings (SSSR count). The first kappa shape index (κ1) is 13.6. The van der Waals surface area contributed by atoms with Crippen LogP contribution < -0.4 is 0 Å². The number of aromatic amines is 1. The summed E-state index contributed by atoms with van der Waals surface area (Å²) in [5.41, 5.74) is 1.03. The number of aliphatic carboxylic acids is 1. The molecule has 0 saturated heterocycles. The Morgan fingerprint density at radius 3 is 2.53 bits per heavy atom. The van der Waals surface area contributed by atoms with E-state index in [4.69, 9.17) is 5.11 Å². The number of rotatable bonds is 4.